The second kappa shape index (κ2) is 9.13. The van der Waals surface area contributed by atoms with Crippen molar-refractivity contribution in [1.82, 2.24) is 4.31 Å². The lowest BCUT2D eigenvalue weighted by Crippen LogP contribution is -2.32. The number of fused-ring (bicyclic) bond motifs is 1. The summed E-state index contributed by atoms with van der Waals surface area (Å²) in [5.74, 6) is -0.210. The third-order valence-electron chi connectivity index (χ3n) is 6.06. The molecule has 2 aliphatic heterocycles. The first-order valence-electron chi connectivity index (χ1n) is 10.4. The Kier molecular flexibility index (Phi) is 6.46. The minimum absolute atomic E-state index is 0.0259. The minimum Gasteiger partial charge on any atom is -0.490 e. The topological polar surface area (TPSA) is 87.2 Å². The minimum atomic E-state index is -3.63. The molecule has 0 aromatic heterocycles. The Morgan fingerprint density at radius 2 is 1.97 bits per heavy atom. The van der Waals surface area contributed by atoms with Gasteiger partial charge in [0.25, 0.3) is 0 Å². The number of ether oxygens (including phenoxy) is 1. The van der Waals surface area contributed by atoms with Crippen LogP contribution in [0.3, 0.4) is 0 Å². The first-order chi connectivity index (χ1) is 15.3. The summed E-state index contributed by atoms with van der Waals surface area (Å²) in [6, 6.07) is 11.9. The molecule has 0 bridgehead atoms. The molecule has 9 heteroatoms. The van der Waals surface area contributed by atoms with E-state index in [2.05, 4.69) is 6.58 Å². The van der Waals surface area contributed by atoms with Gasteiger partial charge in [0.05, 0.1) is 4.90 Å². The van der Waals surface area contributed by atoms with Crippen LogP contribution in [0.2, 0.25) is 5.02 Å². The standard InChI is InChI=1S/C23H25ClN2O5S/c1-2-11-31-18-4-6-19(7-5-18)32(29,30)26-10-9-16(13-26)21-14-25(15-23(27)28)22-8-3-17(24)12-20(21)22/h2-8,12,16,21H,1,9-11,13-15H2,(H,27,28). The molecule has 0 amide bonds. The Bertz CT molecular complexity index is 1120. The molecule has 170 valence electrons. The zero-order chi connectivity index (χ0) is 22.9. The molecule has 0 radical (unpaired) electrons. The maximum atomic E-state index is 13.2. The lowest BCUT2D eigenvalue weighted by molar-refractivity contribution is -0.135. The predicted molar refractivity (Wildman–Crippen MR) is 123 cm³/mol. The summed E-state index contributed by atoms with van der Waals surface area (Å²) in [7, 11) is -3.63. The molecule has 1 saturated heterocycles. The van der Waals surface area contributed by atoms with Gasteiger partial charge in [0.2, 0.25) is 10.0 Å². The molecule has 32 heavy (non-hydrogen) atoms. The van der Waals surface area contributed by atoms with Crippen molar-refractivity contribution in [2.24, 2.45) is 5.92 Å². The third kappa shape index (κ3) is 4.48. The summed E-state index contributed by atoms with van der Waals surface area (Å²) >= 11 is 6.22. The smallest absolute Gasteiger partial charge is 0.323 e. The number of rotatable bonds is 8. The molecule has 2 aromatic rings. The Labute approximate surface area is 192 Å². The van der Waals surface area contributed by atoms with E-state index in [4.69, 9.17) is 16.3 Å². The Morgan fingerprint density at radius 1 is 1.22 bits per heavy atom. The molecule has 2 aliphatic rings. The first kappa shape index (κ1) is 22.6. The van der Waals surface area contributed by atoms with E-state index in [0.717, 1.165) is 11.3 Å². The summed E-state index contributed by atoms with van der Waals surface area (Å²) in [6.07, 6.45) is 2.33. The summed E-state index contributed by atoms with van der Waals surface area (Å²) in [5, 5.41) is 9.87. The fourth-order valence-electron chi connectivity index (χ4n) is 4.57. The number of benzene rings is 2. The number of carboxylic acids is 1. The van der Waals surface area contributed by atoms with Gasteiger partial charge < -0.3 is 14.7 Å². The summed E-state index contributed by atoms with van der Waals surface area (Å²) in [6.45, 7) is 5.20. The van der Waals surface area contributed by atoms with Gasteiger partial charge in [-0.25, -0.2) is 8.42 Å². The highest BCUT2D eigenvalue weighted by molar-refractivity contribution is 7.89. The van der Waals surface area contributed by atoms with E-state index in [1.165, 1.54) is 4.31 Å². The van der Waals surface area contributed by atoms with Crippen LogP contribution in [0.4, 0.5) is 5.69 Å². The lowest BCUT2D eigenvalue weighted by Gasteiger charge is -2.22. The van der Waals surface area contributed by atoms with Gasteiger partial charge in [-0.05, 0) is 60.4 Å². The molecule has 4 rings (SSSR count). The van der Waals surface area contributed by atoms with Crippen LogP contribution in [0.25, 0.3) is 0 Å². The molecule has 2 atom stereocenters. The molecule has 0 aliphatic carbocycles. The largest absolute Gasteiger partial charge is 0.490 e. The van der Waals surface area contributed by atoms with Crippen LogP contribution >= 0.6 is 11.6 Å². The van der Waals surface area contributed by atoms with E-state index < -0.39 is 16.0 Å². The van der Waals surface area contributed by atoms with Crippen LogP contribution in [0.5, 0.6) is 5.75 Å². The third-order valence-corrected chi connectivity index (χ3v) is 8.17. The van der Waals surface area contributed by atoms with Crippen molar-refractivity contribution in [2.75, 3.05) is 37.7 Å². The number of carbonyl (C=O) groups is 1. The van der Waals surface area contributed by atoms with Crippen molar-refractivity contribution in [3.05, 3.63) is 65.7 Å². The fourth-order valence-corrected chi connectivity index (χ4v) is 6.27. The van der Waals surface area contributed by atoms with Crippen LogP contribution in [-0.4, -0.2) is 56.6 Å². The van der Waals surface area contributed by atoms with Gasteiger partial charge in [0.15, 0.2) is 0 Å². The quantitative estimate of drug-likeness (QED) is 0.586. The second-order valence-corrected chi connectivity index (χ2v) is 10.4. The fraction of sp³-hybridized carbons (Fsp3) is 0.348. The average molecular weight is 477 g/mol. The number of nitrogens with zero attached hydrogens (tertiary/aromatic N) is 2. The molecule has 0 spiro atoms. The van der Waals surface area contributed by atoms with Crippen LogP contribution in [-0.2, 0) is 14.8 Å². The first-order valence-corrected chi connectivity index (χ1v) is 12.2. The van der Waals surface area contributed by atoms with Crippen molar-refractivity contribution in [1.29, 1.82) is 0 Å². The maximum absolute atomic E-state index is 13.2. The van der Waals surface area contributed by atoms with Gasteiger partial charge in [0, 0.05) is 36.3 Å². The molecule has 2 aromatic carbocycles. The number of hydrogen-bond acceptors (Lipinski definition) is 5. The van der Waals surface area contributed by atoms with E-state index >= 15 is 0 Å². The molecule has 2 heterocycles. The normalized spacial score (nSPS) is 20.8. The summed E-state index contributed by atoms with van der Waals surface area (Å²) in [5.41, 5.74) is 1.85. The van der Waals surface area contributed by atoms with Crippen LogP contribution in [0, 0.1) is 5.92 Å². The highest BCUT2D eigenvalue weighted by atomic mass is 35.5. The number of carboxylic acid groups (broad SMARTS) is 1. The number of anilines is 1. The number of aliphatic carboxylic acids is 1. The predicted octanol–water partition coefficient (Wildman–Crippen LogP) is 3.60. The van der Waals surface area contributed by atoms with Gasteiger partial charge in [-0.15, -0.1) is 0 Å². The van der Waals surface area contributed by atoms with E-state index in [0.29, 0.717) is 43.4 Å². The lowest BCUT2D eigenvalue weighted by atomic mass is 9.87. The van der Waals surface area contributed by atoms with E-state index in [1.54, 1.807) is 36.4 Å². The Balaban J connectivity index is 1.51. The molecular weight excluding hydrogens is 452 g/mol. The highest BCUT2D eigenvalue weighted by Gasteiger charge is 2.41. The zero-order valence-corrected chi connectivity index (χ0v) is 19.1. The molecule has 7 nitrogen and oxygen atoms in total. The molecule has 2 unspecified atom stereocenters. The van der Waals surface area contributed by atoms with Crippen molar-refractivity contribution in [2.45, 2.75) is 17.2 Å². The number of hydrogen-bond donors (Lipinski definition) is 1. The summed E-state index contributed by atoms with van der Waals surface area (Å²) in [4.78, 5) is 13.4. The highest BCUT2D eigenvalue weighted by Crippen LogP contribution is 2.44. The van der Waals surface area contributed by atoms with Gasteiger partial charge in [-0.3, -0.25) is 4.79 Å². The van der Waals surface area contributed by atoms with Crippen molar-refractivity contribution >= 4 is 33.3 Å². The molecule has 1 fully saturated rings. The Morgan fingerprint density at radius 3 is 2.66 bits per heavy atom. The molecular formula is C23H25ClN2O5S. The maximum Gasteiger partial charge on any atom is 0.323 e. The second-order valence-electron chi connectivity index (χ2n) is 8.07. The monoisotopic (exact) mass is 476 g/mol. The van der Waals surface area contributed by atoms with E-state index in [-0.39, 0.29) is 23.3 Å². The van der Waals surface area contributed by atoms with Crippen LogP contribution in [0.1, 0.15) is 17.9 Å². The SMILES string of the molecule is C=CCOc1ccc(S(=O)(=O)N2CCC(C3CN(CC(=O)O)c4ccc(Cl)cc43)C2)cc1. The summed E-state index contributed by atoms with van der Waals surface area (Å²) < 4.78 is 33.3. The Hall–Kier alpha value is -2.55. The number of sulfonamides is 1. The molecule has 0 saturated carbocycles. The zero-order valence-electron chi connectivity index (χ0n) is 17.5. The molecule has 1 N–H and O–H groups in total. The van der Waals surface area contributed by atoms with Crippen LogP contribution < -0.4 is 9.64 Å². The van der Waals surface area contributed by atoms with Crippen molar-refractivity contribution in [3.63, 3.8) is 0 Å². The van der Waals surface area contributed by atoms with Crippen LogP contribution in [0.15, 0.2) is 60.0 Å². The number of halogens is 1. The van der Waals surface area contributed by atoms with E-state index in [1.807, 2.05) is 17.0 Å². The van der Waals surface area contributed by atoms with Gasteiger partial charge >= 0.3 is 5.97 Å². The van der Waals surface area contributed by atoms with Gasteiger partial charge in [-0.2, -0.15) is 4.31 Å². The van der Waals surface area contributed by atoms with E-state index in [9.17, 15) is 18.3 Å². The van der Waals surface area contributed by atoms with Gasteiger partial charge in [-0.1, -0.05) is 24.3 Å². The van der Waals surface area contributed by atoms with Crippen molar-refractivity contribution in [3.8, 4) is 5.75 Å². The van der Waals surface area contributed by atoms with Gasteiger partial charge in [0.1, 0.15) is 18.9 Å². The van der Waals surface area contributed by atoms with Crippen molar-refractivity contribution < 1.29 is 23.1 Å². The average Bonchev–Trinajstić information content (AvgIpc) is 3.38.